The lowest BCUT2D eigenvalue weighted by molar-refractivity contribution is -0.134. The summed E-state index contributed by atoms with van der Waals surface area (Å²) in [5.41, 5.74) is 0.126. The van der Waals surface area contributed by atoms with Gasteiger partial charge in [0, 0.05) is 24.7 Å². The number of nitrogens with zero attached hydrogens (tertiary/aromatic N) is 1. The standard InChI is InChI=1S/C17H33N3O/c1-5-17(8-10-18-11-9-17)15(21)19-14-6-12-20(13-7-14)16(2,3)4/h14,18H,5-13H2,1-4H3,(H,19,21). The molecule has 0 spiro atoms. The highest BCUT2D eigenvalue weighted by atomic mass is 16.2. The highest BCUT2D eigenvalue weighted by molar-refractivity contribution is 5.83. The van der Waals surface area contributed by atoms with Crippen LogP contribution < -0.4 is 10.6 Å². The van der Waals surface area contributed by atoms with Crippen molar-refractivity contribution >= 4 is 5.91 Å². The molecule has 2 aliphatic rings. The summed E-state index contributed by atoms with van der Waals surface area (Å²) in [7, 11) is 0. The summed E-state index contributed by atoms with van der Waals surface area (Å²) in [5, 5.41) is 6.73. The summed E-state index contributed by atoms with van der Waals surface area (Å²) < 4.78 is 0. The predicted octanol–water partition coefficient (Wildman–Crippen LogP) is 2.15. The van der Waals surface area contributed by atoms with Gasteiger partial charge in [-0.2, -0.15) is 0 Å². The van der Waals surface area contributed by atoms with Crippen LogP contribution in [0.4, 0.5) is 0 Å². The van der Waals surface area contributed by atoms with E-state index in [1.807, 2.05) is 0 Å². The third-order valence-corrected chi connectivity index (χ3v) is 5.50. The molecule has 2 fully saturated rings. The molecule has 2 aliphatic heterocycles. The van der Waals surface area contributed by atoms with Crippen LogP contribution in [0.15, 0.2) is 0 Å². The highest BCUT2D eigenvalue weighted by Crippen LogP contribution is 2.33. The maximum atomic E-state index is 12.7. The summed E-state index contributed by atoms with van der Waals surface area (Å²) in [4.78, 5) is 15.3. The number of piperidine rings is 2. The molecule has 4 nitrogen and oxygen atoms in total. The summed E-state index contributed by atoms with van der Waals surface area (Å²) in [6.07, 6.45) is 5.09. The van der Waals surface area contributed by atoms with Crippen LogP contribution in [0.1, 0.15) is 59.8 Å². The quantitative estimate of drug-likeness (QED) is 0.838. The number of hydrogen-bond acceptors (Lipinski definition) is 3. The van der Waals surface area contributed by atoms with Crippen molar-refractivity contribution in [2.24, 2.45) is 5.41 Å². The second-order valence-corrected chi connectivity index (χ2v) is 7.79. The van der Waals surface area contributed by atoms with E-state index in [0.29, 0.717) is 11.9 Å². The molecule has 0 aromatic heterocycles. The average Bonchev–Trinajstić information content (AvgIpc) is 2.47. The zero-order chi connectivity index (χ0) is 15.5. The van der Waals surface area contributed by atoms with Crippen LogP contribution in [-0.2, 0) is 4.79 Å². The van der Waals surface area contributed by atoms with Gasteiger partial charge >= 0.3 is 0 Å². The number of carbonyl (C=O) groups is 1. The van der Waals surface area contributed by atoms with Crippen LogP contribution >= 0.6 is 0 Å². The van der Waals surface area contributed by atoms with E-state index in [2.05, 4.69) is 43.2 Å². The molecule has 0 unspecified atom stereocenters. The molecule has 1 amide bonds. The molecular formula is C17H33N3O. The molecule has 21 heavy (non-hydrogen) atoms. The van der Waals surface area contributed by atoms with Crippen molar-refractivity contribution in [2.75, 3.05) is 26.2 Å². The predicted molar refractivity (Wildman–Crippen MR) is 87.3 cm³/mol. The molecule has 0 bridgehead atoms. The Balaban J connectivity index is 1.86. The summed E-state index contributed by atoms with van der Waals surface area (Å²) in [6, 6.07) is 0.370. The average molecular weight is 295 g/mol. The summed E-state index contributed by atoms with van der Waals surface area (Å²) >= 11 is 0. The number of rotatable bonds is 3. The molecule has 0 saturated carbocycles. The first-order valence-electron chi connectivity index (χ1n) is 8.64. The Morgan fingerprint density at radius 1 is 1.24 bits per heavy atom. The van der Waals surface area contributed by atoms with Crippen LogP contribution in [0.3, 0.4) is 0 Å². The van der Waals surface area contributed by atoms with Gasteiger partial charge in [0.1, 0.15) is 0 Å². The molecular weight excluding hydrogens is 262 g/mol. The van der Waals surface area contributed by atoms with Gasteiger partial charge in [0.15, 0.2) is 0 Å². The largest absolute Gasteiger partial charge is 0.353 e. The lowest BCUT2D eigenvalue weighted by atomic mass is 9.75. The van der Waals surface area contributed by atoms with Crippen LogP contribution in [0.2, 0.25) is 0 Å². The third kappa shape index (κ3) is 3.98. The number of amides is 1. The smallest absolute Gasteiger partial charge is 0.226 e. The molecule has 0 aromatic rings. The Kier molecular flexibility index (Phi) is 5.31. The van der Waals surface area contributed by atoms with Crippen molar-refractivity contribution in [1.29, 1.82) is 0 Å². The molecule has 2 rings (SSSR count). The highest BCUT2D eigenvalue weighted by Gasteiger charge is 2.39. The van der Waals surface area contributed by atoms with E-state index in [9.17, 15) is 4.79 Å². The van der Waals surface area contributed by atoms with E-state index in [-0.39, 0.29) is 11.0 Å². The van der Waals surface area contributed by atoms with Gasteiger partial charge in [0.05, 0.1) is 5.41 Å². The third-order valence-electron chi connectivity index (χ3n) is 5.50. The summed E-state index contributed by atoms with van der Waals surface area (Å²) in [5.74, 6) is 0.306. The zero-order valence-electron chi connectivity index (χ0n) is 14.3. The van der Waals surface area contributed by atoms with Crippen molar-refractivity contribution < 1.29 is 4.79 Å². The minimum Gasteiger partial charge on any atom is -0.353 e. The monoisotopic (exact) mass is 295 g/mol. The van der Waals surface area contributed by atoms with E-state index in [0.717, 1.165) is 58.3 Å². The normalized spacial score (nSPS) is 24.8. The lowest BCUT2D eigenvalue weighted by Gasteiger charge is -2.42. The molecule has 2 heterocycles. The fourth-order valence-electron chi connectivity index (χ4n) is 3.68. The first-order valence-corrected chi connectivity index (χ1v) is 8.64. The molecule has 0 aliphatic carbocycles. The van der Waals surface area contributed by atoms with Crippen LogP contribution in [0.25, 0.3) is 0 Å². The van der Waals surface area contributed by atoms with Crippen molar-refractivity contribution in [3.8, 4) is 0 Å². The molecule has 0 aromatic carbocycles. The molecule has 0 atom stereocenters. The van der Waals surface area contributed by atoms with Crippen LogP contribution in [0, 0.1) is 5.41 Å². The van der Waals surface area contributed by atoms with E-state index >= 15 is 0 Å². The maximum Gasteiger partial charge on any atom is 0.226 e. The van der Waals surface area contributed by atoms with E-state index < -0.39 is 0 Å². The number of hydrogen-bond donors (Lipinski definition) is 2. The van der Waals surface area contributed by atoms with E-state index in [1.54, 1.807) is 0 Å². The zero-order valence-corrected chi connectivity index (χ0v) is 14.3. The SMILES string of the molecule is CCC1(C(=O)NC2CCN(C(C)(C)C)CC2)CCNCC1. The lowest BCUT2D eigenvalue weighted by Crippen LogP contribution is -2.54. The Morgan fingerprint density at radius 3 is 2.29 bits per heavy atom. The Hall–Kier alpha value is -0.610. The number of carbonyl (C=O) groups excluding carboxylic acids is 1. The Bertz CT molecular complexity index is 348. The fraction of sp³-hybridized carbons (Fsp3) is 0.941. The molecule has 4 heteroatoms. The van der Waals surface area contributed by atoms with Crippen LogP contribution in [0.5, 0.6) is 0 Å². The topological polar surface area (TPSA) is 44.4 Å². The number of likely N-dealkylation sites (tertiary alicyclic amines) is 1. The minimum atomic E-state index is -0.119. The van der Waals surface area contributed by atoms with Gasteiger partial charge in [0.25, 0.3) is 0 Å². The van der Waals surface area contributed by atoms with Gasteiger partial charge in [-0.15, -0.1) is 0 Å². The summed E-state index contributed by atoms with van der Waals surface area (Å²) in [6.45, 7) is 13.1. The van der Waals surface area contributed by atoms with Gasteiger partial charge in [-0.05, 0) is 66.0 Å². The second kappa shape index (κ2) is 6.66. The van der Waals surface area contributed by atoms with Crippen molar-refractivity contribution in [3.05, 3.63) is 0 Å². The van der Waals surface area contributed by atoms with Gasteiger partial charge in [-0.1, -0.05) is 6.92 Å². The van der Waals surface area contributed by atoms with Gasteiger partial charge < -0.3 is 10.6 Å². The first kappa shape index (κ1) is 16.8. The van der Waals surface area contributed by atoms with Crippen LogP contribution in [-0.4, -0.2) is 48.6 Å². The minimum absolute atomic E-state index is 0.119. The van der Waals surface area contributed by atoms with Crippen molar-refractivity contribution in [3.63, 3.8) is 0 Å². The maximum absolute atomic E-state index is 12.7. The van der Waals surface area contributed by atoms with Gasteiger partial charge in [-0.3, -0.25) is 9.69 Å². The second-order valence-electron chi connectivity index (χ2n) is 7.79. The van der Waals surface area contributed by atoms with Gasteiger partial charge in [0.2, 0.25) is 5.91 Å². The molecule has 2 saturated heterocycles. The fourth-order valence-corrected chi connectivity index (χ4v) is 3.68. The molecule has 122 valence electrons. The van der Waals surface area contributed by atoms with Crippen molar-refractivity contribution in [1.82, 2.24) is 15.5 Å². The molecule has 0 radical (unpaired) electrons. The number of nitrogens with one attached hydrogen (secondary N) is 2. The van der Waals surface area contributed by atoms with E-state index in [1.165, 1.54) is 0 Å². The van der Waals surface area contributed by atoms with Gasteiger partial charge in [-0.25, -0.2) is 0 Å². The first-order chi connectivity index (χ1) is 9.87. The van der Waals surface area contributed by atoms with E-state index in [4.69, 9.17) is 0 Å². The Labute approximate surface area is 130 Å². The van der Waals surface area contributed by atoms with Crippen molar-refractivity contribution in [2.45, 2.75) is 71.4 Å². The molecule has 2 N–H and O–H groups in total. The Morgan fingerprint density at radius 2 is 1.81 bits per heavy atom.